The highest BCUT2D eigenvalue weighted by Gasteiger charge is 2.21. The van der Waals surface area contributed by atoms with Gasteiger partial charge in [-0.1, -0.05) is 18.2 Å². The van der Waals surface area contributed by atoms with Crippen LogP contribution in [0.25, 0.3) is 10.9 Å². The van der Waals surface area contributed by atoms with Crippen molar-refractivity contribution in [1.82, 2.24) is 14.9 Å². The van der Waals surface area contributed by atoms with Crippen molar-refractivity contribution < 1.29 is 4.79 Å². The largest absolute Gasteiger partial charge is 0.361 e. The Morgan fingerprint density at radius 1 is 1.20 bits per heavy atom. The first-order chi connectivity index (χ1) is 12.3. The number of nitrogens with zero attached hydrogens (tertiary/aromatic N) is 3. The fraction of sp³-hybridized carbons (Fsp3) is 0.368. The number of H-pyrrole nitrogens is 1. The Morgan fingerprint density at radius 2 is 2.04 bits per heavy atom. The van der Waals surface area contributed by atoms with Crippen molar-refractivity contribution in [2.24, 2.45) is 0 Å². The quantitative estimate of drug-likeness (QED) is 0.765. The van der Waals surface area contributed by atoms with Crippen LogP contribution in [0.2, 0.25) is 0 Å². The second-order valence-corrected chi connectivity index (χ2v) is 7.27. The number of carbonyl (C=O) groups is 1. The third kappa shape index (κ3) is 3.54. The van der Waals surface area contributed by atoms with Gasteiger partial charge in [0.25, 0.3) is 0 Å². The summed E-state index contributed by atoms with van der Waals surface area (Å²) in [5, 5.41) is 4.33. The SMILES string of the molecule is O=C(CCCc1c[nH]c2ccccc12)N1CCN(c2nccs2)CC1. The van der Waals surface area contributed by atoms with E-state index in [4.69, 9.17) is 0 Å². The summed E-state index contributed by atoms with van der Waals surface area (Å²) in [6.07, 6.45) is 6.36. The summed E-state index contributed by atoms with van der Waals surface area (Å²) in [5.74, 6) is 0.277. The highest BCUT2D eigenvalue weighted by atomic mass is 32.1. The number of hydrogen-bond donors (Lipinski definition) is 1. The molecule has 1 fully saturated rings. The smallest absolute Gasteiger partial charge is 0.222 e. The van der Waals surface area contributed by atoms with Gasteiger partial charge < -0.3 is 14.8 Å². The highest BCUT2D eigenvalue weighted by molar-refractivity contribution is 7.13. The van der Waals surface area contributed by atoms with Crippen LogP contribution in [0, 0.1) is 0 Å². The molecule has 1 aromatic carbocycles. The van der Waals surface area contributed by atoms with Crippen LogP contribution in [0.3, 0.4) is 0 Å². The summed E-state index contributed by atoms with van der Waals surface area (Å²) in [7, 11) is 0. The van der Waals surface area contributed by atoms with E-state index < -0.39 is 0 Å². The highest BCUT2D eigenvalue weighted by Crippen LogP contribution is 2.21. The third-order valence-corrected chi connectivity index (χ3v) is 5.67. The van der Waals surface area contributed by atoms with E-state index in [1.165, 1.54) is 16.5 Å². The molecule has 0 atom stereocenters. The Hall–Kier alpha value is -2.34. The molecule has 0 spiro atoms. The van der Waals surface area contributed by atoms with Gasteiger partial charge >= 0.3 is 0 Å². The van der Waals surface area contributed by atoms with Crippen molar-refractivity contribution in [3.63, 3.8) is 0 Å². The molecule has 1 saturated heterocycles. The first-order valence-corrected chi connectivity index (χ1v) is 9.66. The van der Waals surface area contributed by atoms with E-state index in [-0.39, 0.29) is 5.91 Å². The molecule has 130 valence electrons. The second kappa shape index (κ2) is 7.27. The summed E-state index contributed by atoms with van der Waals surface area (Å²) in [6, 6.07) is 8.33. The van der Waals surface area contributed by atoms with Gasteiger partial charge in [0.1, 0.15) is 0 Å². The van der Waals surface area contributed by atoms with Gasteiger partial charge in [0.15, 0.2) is 5.13 Å². The van der Waals surface area contributed by atoms with Crippen LogP contribution in [0.15, 0.2) is 42.0 Å². The van der Waals surface area contributed by atoms with Crippen molar-refractivity contribution in [1.29, 1.82) is 0 Å². The summed E-state index contributed by atoms with van der Waals surface area (Å²) >= 11 is 1.66. The lowest BCUT2D eigenvalue weighted by Crippen LogP contribution is -2.48. The summed E-state index contributed by atoms with van der Waals surface area (Å²) in [5.41, 5.74) is 2.47. The van der Waals surface area contributed by atoms with E-state index in [9.17, 15) is 4.79 Å². The van der Waals surface area contributed by atoms with Gasteiger partial charge in [-0.2, -0.15) is 0 Å². The van der Waals surface area contributed by atoms with Gasteiger partial charge in [0, 0.05) is 61.3 Å². The fourth-order valence-corrected chi connectivity index (χ4v) is 4.14. The molecule has 0 aliphatic carbocycles. The third-order valence-electron chi connectivity index (χ3n) is 4.83. The minimum atomic E-state index is 0.277. The van der Waals surface area contributed by atoms with E-state index in [1.54, 1.807) is 11.3 Å². The molecule has 5 nitrogen and oxygen atoms in total. The fourth-order valence-electron chi connectivity index (χ4n) is 3.45. The Bertz CT molecular complexity index is 834. The van der Waals surface area contributed by atoms with Crippen LogP contribution < -0.4 is 4.90 Å². The predicted molar refractivity (Wildman–Crippen MR) is 102 cm³/mol. The molecule has 0 radical (unpaired) electrons. The molecule has 1 aliphatic rings. The Balaban J connectivity index is 1.26. The molecule has 1 amide bonds. The maximum absolute atomic E-state index is 12.5. The average molecular weight is 354 g/mol. The number of hydrogen-bond acceptors (Lipinski definition) is 4. The Labute approximate surface area is 151 Å². The Morgan fingerprint density at radius 3 is 2.84 bits per heavy atom. The number of piperazine rings is 1. The lowest BCUT2D eigenvalue weighted by atomic mass is 10.1. The number of aromatic amines is 1. The van der Waals surface area contributed by atoms with Gasteiger partial charge in [-0.05, 0) is 24.5 Å². The standard InChI is InChI=1S/C19H22N4OS/c24-18(22-9-11-23(12-10-22)19-20-8-13-25-19)7-3-4-15-14-21-17-6-2-1-5-16(15)17/h1-2,5-6,8,13-14,21H,3-4,7,9-12H2. The number of benzene rings is 1. The predicted octanol–water partition coefficient (Wildman–Crippen LogP) is 3.30. The average Bonchev–Trinajstić information content (AvgIpc) is 3.32. The monoisotopic (exact) mass is 354 g/mol. The van der Waals surface area contributed by atoms with Crippen LogP contribution in [0.4, 0.5) is 5.13 Å². The number of carbonyl (C=O) groups excluding carboxylic acids is 1. The number of amides is 1. The van der Waals surface area contributed by atoms with Crippen molar-refractivity contribution >= 4 is 33.3 Å². The molecule has 25 heavy (non-hydrogen) atoms. The van der Waals surface area contributed by atoms with Crippen molar-refractivity contribution in [2.45, 2.75) is 19.3 Å². The maximum Gasteiger partial charge on any atom is 0.222 e. The van der Waals surface area contributed by atoms with Crippen molar-refractivity contribution in [2.75, 3.05) is 31.1 Å². The maximum atomic E-state index is 12.5. The zero-order chi connectivity index (χ0) is 17.1. The summed E-state index contributed by atoms with van der Waals surface area (Å²) in [4.78, 5) is 24.4. The van der Waals surface area contributed by atoms with Crippen molar-refractivity contribution in [3.05, 3.63) is 47.6 Å². The molecule has 0 bridgehead atoms. The molecule has 0 unspecified atom stereocenters. The van der Waals surface area contributed by atoms with E-state index in [0.29, 0.717) is 6.42 Å². The van der Waals surface area contributed by atoms with Crippen molar-refractivity contribution in [3.8, 4) is 0 Å². The minimum Gasteiger partial charge on any atom is -0.361 e. The molecular formula is C19H22N4OS. The zero-order valence-corrected chi connectivity index (χ0v) is 15.0. The summed E-state index contributed by atoms with van der Waals surface area (Å²) in [6.45, 7) is 3.35. The molecule has 1 N–H and O–H groups in total. The van der Waals surface area contributed by atoms with Crippen LogP contribution in [-0.4, -0.2) is 47.0 Å². The molecule has 4 rings (SSSR count). The number of para-hydroxylation sites is 1. The number of anilines is 1. The summed E-state index contributed by atoms with van der Waals surface area (Å²) < 4.78 is 0. The van der Waals surface area contributed by atoms with Gasteiger partial charge in [0.2, 0.25) is 5.91 Å². The normalized spacial score (nSPS) is 15.0. The van der Waals surface area contributed by atoms with Crippen LogP contribution >= 0.6 is 11.3 Å². The number of fused-ring (bicyclic) bond motifs is 1. The number of rotatable bonds is 5. The molecular weight excluding hydrogens is 332 g/mol. The van der Waals surface area contributed by atoms with Gasteiger partial charge in [-0.3, -0.25) is 4.79 Å². The van der Waals surface area contributed by atoms with Crippen LogP contribution in [-0.2, 0) is 11.2 Å². The minimum absolute atomic E-state index is 0.277. The second-order valence-electron chi connectivity index (χ2n) is 6.40. The van der Waals surface area contributed by atoms with Gasteiger partial charge in [-0.25, -0.2) is 4.98 Å². The van der Waals surface area contributed by atoms with E-state index in [1.807, 2.05) is 22.5 Å². The lowest BCUT2D eigenvalue weighted by Gasteiger charge is -2.34. The Kier molecular flexibility index (Phi) is 4.70. The van der Waals surface area contributed by atoms with Gasteiger partial charge in [0.05, 0.1) is 0 Å². The van der Waals surface area contributed by atoms with E-state index in [0.717, 1.165) is 44.2 Å². The lowest BCUT2D eigenvalue weighted by molar-refractivity contribution is -0.131. The number of aromatic nitrogens is 2. The molecule has 0 saturated carbocycles. The molecule has 2 aromatic heterocycles. The zero-order valence-electron chi connectivity index (χ0n) is 14.1. The first kappa shape index (κ1) is 16.1. The number of aryl methyl sites for hydroxylation is 1. The first-order valence-electron chi connectivity index (χ1n) is 8.78. The number of thiazole rings is 1. The number of nitrogens with one attached hydrogen (secondary N) is 1. The topological polar surface area (TPSA) is 52.2 Å². The molecule has 6 heteroatoms. The molecule has 3 aromatic rings. The van der Waals surface area contributed by atoms with Gasteiger partial charge in [-0.15, -0.1) is 11.3 Å². The van der Waals surface area contributed by atoms with Crippen LogP contribution in [0.5, 0.6) is 0 Å². The molecule has 1 aliphatic heterocycles. The van der Waals surface area contributed by atoms with E-state index >= 15 is 0 Å². The molecule has 3 heterocycles. The van der Waals surface area contributed by atoms with E-state index in [2.05, 4.69) is 39.3 Å². The van der Waals surface area contributed by atoms with Crippen LogP contribution in [0.1, 0.15) is 18.4 Å².